The van der Waals surface area contributed by atoms with Crippen LogP contribution >= 0.6 is 0 Å². The normalized spacial score (nSPS) is 19.6. The summed E-state index contributed by atoms with van der Waals surface area (Å²) in [6.45, 7) is 3.38. The molecule has 0 radical (unpaired) electrons. The van der Waals surface area contributed by atoms with Gasteiger partial charge >= 0.3 is 0 Å². The zero-order valence-electron chi connectivity index (χ0n) is 9.74. The summed E-state index contributed by atoms with van der Waals surface area (Å²) < 4.78 is 1.86. The topological polar surface area (TPSA) is 29.9 Å². The predicted octanol–water partition coefficient (Wildman–Crippen LogP) is 2.26. The van der Waals surface area contributed by atoms with Crippen LogP contribution in [0.1, 0.15) is 44.2 Å². The second-order valence-corrected chi connectivity index (χ2v) is 4.73. The molecule has 0 spiro atoms. The zero-order chi connectivity index (χ0) is 10.7. The van der Waals surface area contributed by atoms with Crippen LogP contribution in [-0.4, -0.2) is 16.3 Å². The minimum Gasteiger partial charge on any atom is -0.310 e. The molecule has 1 N–H and O–H groups in total. The van der Waals surface area contributed by atoms with Crippen molar-refractivity contribution in [2.75, 3.05) is 6.54 Å². The highest BCUT2D eigenvalue weighted by atomic mass is 15.2. The molecule has 1 aliphatic carbocycles. The number of hydrogen-bond donors (Lipinski definition) is 1. The fraction of sp³-hybridized carbons (Fsp3) is 0.750. The van der Waals surface area contributed by atoms with Gasteiger partial charge in [-0.15, -0.1) is 0 Å². The first-order valence-electron chi connectivity index (χ1n) is 5.97. The summed E-state index contributed by atoms with van der Waals surface area (Å²) in [5.74, 6) is 0.907. The Morgan fingerprint density at radius 3 is 2.87 bits per heavy atom. The maximum Gasteiger partial charge on any atom is 0.0537 e. The molecule has 2 rings (SSSR count). The average Bonchev–Trinajstić information content (AvgIpc) is 2.84. The van der Waals surface area contributed by atoms with Crippen molar-refractivity contribution >= 4 is 0 Å². The van der Waals surface area contributed by atoms with Crippen LogP contribution in [0.15, 0.2) is 12.4 Å². The van der Waals surface area contributed by atoms with Gasteiger partial charge in [-0.25, -0.2) is 0 Å². The van der Waals surface area contributed by atoms with Crippen LogP contribution in [0.4, 0.5) is 0 Å². The Morgan fingerprint density at radius 2 is 2.27 bits per heavy atom. The molecule has 3 nitrogen and oxygen atoms in total. The molecular formula is C12H21N3. The summed E-state index contributed by atoms with van der Waals surface area (Å²) in [6.07, 6.45) is 9.71. The molecule has 0 bridgehead atoms. The van der Waals surface area contributed by atoms with E-state index in [-0.39, 0.29) is 0 Å². The molecule has 3 heteroatoms. The molecule has 1 aromatic heterocycles. The van der Waals surface area contributed by atoms with Gasteiger partial charge in [-0.2, -0.15) is 5.10 Å². The summed E-state index contributed by atoms with van der Waals surface area (Å²) >= 11 is 0. The van der Waals surface area contributed by atoms with E-state index in [1.165, 1.54) is 31.2 Å². The van der Waals surface area contributed by atoms with Crippen molar-refractivity contribution in [3.63, 3.8) is 0 Å². The smallest absolute Gasteiger partial charge is 0.0537 e. The van der Waals surface area contributed by atoms with Crippen LogP contribution < -0.4 is 5.32 Å². The summed E-state index contributed by atoms with van der Waals surface area (Å²) in [7, 11) is 1.97. The summed E-state index contributed by atoms with van der Waals surface area (Å²) in [5, 5.41) is 7.79. The second kappa shape index (κ2) is 4.79. The van der Waals surface area contributed by atoms with Gasteiger partial charge in [-0.05, 0) is 32.2 Å². The SMILES string of the molecule is CC(NCC1CCCC1)c1cnn(C)c1. The van der Waals surface area contributed by atoms with Crippen LogP contribution in [0.2, 0.25) is 0 Å². The molecule has 0 aromatic carbocycles. The molecule has 1 saturated carbocycles. The summed E-state index contributed by atoms with van der Waals surface area (Å²) in [4.78, 5) is 0. The first-order valence-corrected chi connectivity index (χ1v) is 5.97. The van der Waals surface area contributed by atoms with Crippen LogP contribution in [0.25, 0.3) is 0 Å². The number of rotatable bonds is 4. The number of aromatic nitrogens is 2. The molecule has 1 aromatic rings. The first kappa shape index (κ1) is 10.7. The third-order valence-corrected chi connectivity index (χ3v) is 3.41. The Morgan fingerprint density at radius 1 is 1.53 bits per heavy atom. The Balaban J connectivity index is 1.79. The van der Waals surface area contributed by atoms with Gasteiger partial charge in [0.25, 0.3) is 0 Å². The van der Waals surface area contributed by atoms with Crippen LogP contribution in [0.3, 0.4) is 0 Å². The van der Waals surface area contributed by atoms with E-state index in [2.05, 4.69) is 23.5 Å². The highest BCUT2D eigenvalue weighted by Crippen LogP contribution is 2.24. The Kier molecular flexibility index (Phi) is 3.41. The largest absolute Gasteiger partial charge is 0.310 e. The van der Waals surface area contributed by atoms with Crippen molar-refractivity contribution in [1.29, 1.82) is 0 Å². The lowest BCUT2D eigenvalue weighted by molar-refractivity contribution is 0.452. The number of nitrogens with one attached hydrogen (secondary N) is 1. The van der Waals surface area contributed by atoms with Crippen LogP contribution in [-0.2, 0) is 7.05 Å². The lowest BCUT2D eigenvalue weighted by Gasteiger charge is -2.15. The standard InChI is InChI=1S/C12H21N3/c1-10(12-8-14-15(2)9-12)13-7-11-5-3-4-6-11/h8-11,13H,3-7H2,1-2H3. The van der Waals surface area contributed by atoms with Gasteiger partial charge in [0.15, 0.2) is 0 Å². The third kappa shape index (κ3) is 2.81. The maximum absolute atomic E-state index is 4.19. The van der Waals surface area contributed by atoms with Crippen molar-refractivity contribution in [1.82, 2.24) is 15.1 Å². The fourth-order valence-electron chi connectivity index (χ4n) is 2.34. The van der Waals surface area contributed by atoms with Gasteiger partial charge < -0.3 is 5.32 Å². The van der Waals surface area contributed by atoms with E-state index in [9.17, 15) is 0 Å². The average molecular weight is 207 g/mol. The third-order valence-electron chi connectivity index (χ3n) is 3.41. The van der Waals surface area contributed by atoms with Crippen LogP contribution in [0.5, 0.6) is 0 Å². The molecular weight excluding hydrogens is 186 g/mol. The van der Waals surface area contributed by atoms with E-state index in [1.54, 1.807) is 0 Å². The second-order valence-electron chi connectivity index (χ2n) is 4.73. The molecule has 1 fully saturated rings. The lowest BCUT2D eigenvalue weighted by Crippen LogP contribution is -2.24. The Hall–Kier alpha value is -0.830. The number of aryl methyl sites for hydroxylation is 1. The molecule has 0 amide bonds. The van der Waals surface area contributed by atoms with E-state index < -0.39 is 0 Å². The Bertz CT molecular complexity index is 300. The fourth-order valence-corrected chi connectivity index (χ4v) is 2.34. The molecule has 1 atom stereocenters. The summed E-state index contributed by atoms with van der Waals surface area (Å²) in [5.41, 5.74) is 1.29. The van der Waals surface area contributed by atoms with Gasteiger partial charge in [0.2, 0.25) is 0 Å². The molecule has 1 aliphatic rings. The minimum absolute atomic E-state index is 0.430. The monoisotopic (exact) mass is 207 g/mol. The molecule has 1 unspecified atom stereocenters. The van der Waals surface area contributed by atoms with E-state index in [0.29, 0.717) is 6.04 Å². The van der Waals surface area contributed by atoms with Crippen molar-refractivity contribution in [2.45, 2.75) is 38.6 Å². The van der Waals surface area contributed by atoms with Crippen molar-refractivity contribution in [3.8, 4) is 0 Å². The van der Waals surface area contributed by atoms with Crippen molar-refractivity contribution in [2.24, 2.45) is 13.0 Å². The van der Waals surface area contributed by atoms with E-state index in [4.69, 9.17) is 0 Å². The van der Waals surface area contributed by atoms with Crippen molar-refractivity contribution < 1.29 is 0 Å². The van der Waals surface area contributed by atoms with Gasteiger partial charge in [-0.3, -0.25) is 4.68 Å². The van der Waals surface area contributed by atoms with Crippen molar-refractivity contribution in [3.05, 3.63) is 18.0 Å². The quantitative estimate of drug-likeness (QED) is 0.820. The highest BCUT2D eigenvalue weighted by Gasteiger charge is 2.16. The van der Waals surface area contributed by atoms with Gasteiger partial charge in [0.1, 0.15) is 0 Å². The zero-order valence-corrected chi connectivity index (χ0v) is 9.74. The minimum atomic E-state index is 0.430. The summed E-state index contributed by atoms with van der Waals surface area (Å²) in [6, 6.07) is 0.430. The maximum atomic E-state index is 4.19. The van der Waals surface area contributed by atoms with Gasteiger partial charge in [0, 0.05) is 24.8 Å². The van der Waals surface area contributed by atoms with Gasteiger partial charge in [0.05, 0.1) is 6.20 Å². The van der Waals surface area contributed by atoms with E-state index >= 15 is 0 Å². The highest BCUT2D eigenvalue weighted by molar-refractivity contribution is 5.08. The molecule has 0 aliphatic heterocycles. The molecule has 15 heavy (non-hydrogen) atoms. The number of hydrogen-bond acceptors (Lipinski definition) is 2. The van der Waals surface area contributed by atoms with E-state index in [1.807, 2.05) is 17.9 Å². The lowest BCUT2D eigenvalue weighted by atomic mass is 10.1. The number of nitrogens with zero attached hydrogens (tertiary/aromatic N) is 2. The predicted molar refractivity (Wildman–Crippen MR) is 61.6 cm³/mol. The molecule has 1 heterocycles. The molecule has 84 valence electrons. The van der Waals surface area contributed by atoms with E-state index in [0.717, 1.165) is 12.5 Å². The van der Waals surface area contributed by atoms with Gasteiger partial charge in [-0.1, -0.05) is 12.8 Å². The molecule has 0 saturated heterocycles. The van der Waals surface area contributed by atoms with Crippen LogP contribution in [0, 0.1) is 5.92 Å². The Labute approximate surface area is 91.9 Å². The first-order chi connectivity index (χ1) is 7.25.